The standard InChI is InChI=1S/C15H20N2S/c1-12-7-13(9-16-8-12)10-17-11-15(2,3)14-5-4-6-18-14/h4-9,17H,10-11H2,1-3H3. The minimum absolute atomic E-state index is 0.186. The van der Waals surface area contributed by atoms with E-state index in [9.17, 15) is 0 Å². The minimum atomic E-state index is 0.186. The van der Waals surface area contributed by atoms with Crippen LogP contribution < -0.4 is 5.32 Å². The summed E-state index contributed by atoms with van der Waals surface area (Å²) in [4.78, 5) is 5.64. The third-order valence-electron chi connectivity index (χ3n) is 3.02. The van der Waals surface area contributed by atoms with Gasteiger partial charge in [-0.3, -0.25) is 4.98 Å². The molecule has 0 spiro atoms. The molecule has 2 rings (SSSR count). The monoisotopic (exact) mass is 260 g/mol. The molecule has 18 heavy (non-hydrogen) atoms. The summed E-state index contributed by atoms with van der Waals surface area (Å²) in [6.07, 6.45) is 3.82. The van der Waals surface area contributed by atoms with Gasteiger partial charge >= 0.3 is 0 Å². The highest BCUT2D eigenvalue weighted by Gasteiger charge is 2.20. The molecule has 0 aliphatic heterocycles. The molecule has 2 aromatic rings. The molecule has 96 valence electrons. The molecule has 3 heteroatoms. The number of hydrogen-bond acceptors (Lipinski definition) is 3. The van der Waals surface area contributed by atoms with Crippen LogP contribution in [0.15, 0.2) is 36.0 Å². The van der Waals surface area contributed by atoms with Gasteiger partial charge in [0, 0.05) is 35.8 Å². The Hall–Kier alpha value is -1.19. The summed E-state index contributed by atoms with van der Waals surface area (Å²) in [6, 6.07) is 6.50. The lowest BCUT2D eigenvalue weighted by Crippen LogP contribution is -2.31. The molecule has 0 aromatic carbocycles. The van der Waals surface area contributed by atoms with E-state index in [0.717, 1.165) is 13.1 Å². The van der Waals surface area contributed by atoms with Crippen molar-refractivity contribution in [3.05, 3.63) is 52.0 Å². The molecule has 0 bridgehead atoms. The van der Waals surface area contributed by atoms with E-state index in [1.807, 2.05) is 23.7 Å². The van der Waals surface area contributed by atoms with Gasteiger partial charge in [-0.1, -0.05) is 26.0 Å². The molecule has 2 nitrogen and oxygen atoms in total. The lowest BCUT2D eigenvalue weighted by Gasteiger charge is -2.23. The first-order valence-electron chi connectivity index (χ1n) is 6.23. The van der Waals surface area contributed by atoms with Crippen molar-refractivity contribution in [3.8, 4) is 0 Å². The first-order valence-corrected chi connectivity index (χ1v) is 7.11. The van der Waals surface area contributed by atoms with Gasteiger partial charge in [0.15, 0.2) is 0 Å². The second-order valence-corrected chi connectivity index (χ2v) is 6.28. The summed E-state index contributed by atoms with van der Waals surface area (Å²) in [5.41, 5.74) is 2.65. The molecule has 1 N–H and O–H groups in total. The van der Waals surface area contributed by atoms with Gasteiger partial charge < -0.3 is 5.32 Å². The lowest BCUT2D eigenvalue weighted by molar-refractivity contribution is 0.476. The minimum Gasteiger partial charge on any atom is -0.312 e. The molecule has 0 unspecified atom stereocenters. The van der Waals surface area contributed by atoms with Crippen LogP contribution >= 0.6 is 11.3 Å². The molecule has 0 atom stereocenters. The Morgan fingerprint density at radius 1 is 1.33 bits per heavy atom. The second-order valence-electron chi connectivity index (χ2n) is 5.34. The molecule has 2 aromatic heterocycles. The average Bonchev–Trinajstić information content (AvgIpc) is 2.83. The first kappa shape index (κ1) is 13.2. The van der Waals surface area contributed by atoms with E-state index in [-0.39, 0.29) is 5.41 Å². The Kier molecular flexibility index (Phi) is 4.15. The fraction of sp³-hybridized carbons (Fsp3) is 0.400. The quantitative estimate of drug-likeness (QED) is 0.889. The van der Waals surface area contributed by atoms with Crippen LogP contribution in [0, 0.1) is 6.92 Å². The van der Waals surface area contributed by atoms with Crippen molar-refractivity contribution in [1.82, 2.24) is 10.3 Å². The normalized spacial score (nSPS) is 11.7. The van der Waals surface area contributed by atoms with E-state index in [4.69, 9.17) is 0 Å². The fourth-order valence-corrected chi connectivity index (χ4v) is 2.84. The maximum absolute atomic E-state index is 4.21. The van der Waals surface area contributed by atoms with Crippen molar-refractivity contribution < 1.29 is 0 Å². The first-order chi connectivity index (χ1) is 8.58. The van der Waals surface area contributed by atoms with Crippen LogP contribution in [0.3, 0.4) is 0 Å². The lowest BCUT2D eigenvalue weighted by atomic mass is 9.91. The number of aromatic nitrogens is 1. The Morgan fingerprint density at radius 2 is 2.17 bits per heavy atom. The third-order valence-corrected chi connectivity index (χ3v) is 4.25. The van der Waals surface area contributed by atoms with E-state index < -0.39 is 0 Å². The summed E-state index contributed by atoms with van der Waals surface area (Å²) in [7, 11) is 0. The summed E-state index contributed by atoms with van der Waals surface area (Å²) >= 11 is 1.83. The van der Waals surface area contributed by atoms with Gasteiger partial charge in [-0.15, -0.1) is 11.3 Å². The van der Waals surface area contributed by atoms with Crippen LogP contribution in [0.1, 0.15) is 29.9 Å². The van der Waals surface area contributed by atoms with Crippen molar-refractivity contribution in [1.29, 1.82) is 0 Å². The highest BCUT2D eigenvalue weighted by Crippen LogP contribution is 2.26. The number of hydrogen-bond donors (Lipinski definition) is 1. The highest BCUT2D eigenvalue weighted by molar-refractivity contribution is 7.10. The third kappa shape index (κ3) is 3.40. The molecule has 0 saturated carbocycles. The molecule has 0 amide bonds. The predicted molar refractivity (Wildman–Crippen MR) is 78.0 cm³/mol. The van der Waals surface area contributed by atoms with Crippen LogP contribution in [0.25, 0.3) is 0 Å². The SMILES string of the molecule is Cc1cncc(CNCC(C)(C)c2cccs2)c1. The van der Waals surface area contributed by atoms with E-state index in [1.54, 1.807) is 0 Å². The largest absolute Gasteiger partial charge is 0.312 e. The molecular weight excluding hydrogens is 240 g/mol. The van der Waals surface area contributed by atoms with E-state index in [0.29, 0.717) is 0 Å². The number of nitrogens with one attached hydrogen (secondary N) is 1. The van der Waals surface area contributed by atoms with Crippen LogP contribution in [0.4, 0.5) is 0 Å². The Morgan fingerprint density at radius 3 is 2.83 bits per heavy atom. The van der Waals surface area contributed by atoms with Gasteiger partial charge in [0.25, 0.3) is 0 Å². The van der Waals surface area contributed by atoms with Crippen LogP contribution in [-0.4, -0.2) is 11.5 Å². The Balaban J connectivity index is 1.89. The number of nitrogens with zero attached hydrogens (tertiary/aromatic N) is 1. The Labute approximate surface area is 113 Å². The predicted octanol–water partition coefficient (Wildman–Crippen LogP) is 3.52. The van der Waals surface area contributed by atoms with Crippen molar-refractivity contribution in [2.24, 2.45) is 0 Å². The topological polar surface area (TPSA) is 24.9 Å². The van der Waals surface area contributed by atoms with Gasteiger partial charge in [0.05, 0.1) is 0 Å². The highest BCUT2D eigenvalue weighted by atomic mass is 32.1. The van der Waals surface area contributed by atoms with Gasteiger partial charge in [-0.2, -0.15) is 0 Å². The summed E-state index contributed by atoms with van der Waals surface area (Å²) in [6.45, 7) is 8.48. The van der Waals surface area contributed by atoms with Crippen LogP contribution in [0.5, 0.6) is 0 Å². The summed E-state index contributed by atoms with van der Waals surface area (Å²) in [5, 5.41) is 5.66. The van der Waals surface area contributed by atoms with E-state index >= 15 is 0 Å². The van der Waals surface area contributed by atoms with Crippen LogP contribution in [-0.2, 0) is 12.0 Å². The van der Waals surface area contributed by atoms with Crippen molar-refractivity contribution >= 4 is 11.3 Å². The Bertz CT molecular complexity index is 489. The second kappa shape index (κ2) is 5.63. The zero-order valence-electron chi connectivity index (χ0n) is 11.2. The number of rotatable bonds is 5. The maximum Gasteiger partial charge on any atom is 0.0313 e. The molecule has 0 fully saturated rings. The summed E-state index contributed by atoms with van der Waals surface area (Å²) in [5.74, 6) is 0. The van der Waals surface area contributed by atoms with Crippen molar-refractivity contribution in [2.75, 3.05) is 6.54 Å². The van der Waals surface area contributed by atoms with Crippen molar-refractivity contribution in [2.45, 2.75) is 32.7 Å². The molecule has 2 heterocycles. The molecular formula is C15H20N2S. The smallest absolute Gasteiger partial charge is 0.0313 e. The van der Waals surface area contributed by atoms with Gasteiger partial charge in [0.2, 0.25) is 0 Å². The fourth-order valence-electron chi connectivity index (χ4n) is 1.98. The number of pyridine rings is 1. The van der Waals surface area contributed by atoms with E-state index in [2.05, 4.69) is 54.7 Å². The zero-order chi connectivity index (χ0) is 13.0. The summed E-state index contributed by atoms with van der Waals surface area (Å²) < 4.78 is 0. The maximum atomic E-state index is 4.21. The average molecular weight is 260 g/mol. The molecule has 0 radical (unpaired) electrons. The zero-order valence-corrected chi connectivity index (χ0v) is 12.1. The van der Waals surface area contributed by atoms with Gasteiger partial charge in [0.1, 0.15) is 0 Å². The van der Waals surface area contributed by atoms with Gasteiger partial charge in [-0.05, 0) is 29.5 Å². The number of aryl methyl sites for hydroxylation is 1. The van der Waals surface area contributed by atoms with Crippen molar-refractivity contribution in [3.63, 3.8) is 0 Å². The molecule has 0 aliphatic carbocycles. The number of thiophene rings is 1. The van der Waals surface area contributed by atoms with E-state index in [1.165, 1.54) is 16.0 Å². The molecule has 0 saturated heterocycles. The molecule has 0 aliphatic rings. The van der Waals surface area contributed by atoms with Gasteiger partial charge in [-0.25, -0.2) is 0 Å². The van der Waals surface area contributed by atoms with Crippen LogP contribution in [0.2, 0.25) is 0 Å².